The van der Waals surface area contributed by atoms with Crippen LogP contribution < -0.4 is 0 Å². The van der Waals surface area contributed by atoms with Gasteiger partial charge in [-0.05, 0) is 34.6 Å². The van der Waals surface area contributed by atoms with Crippen molar-refractivity contribution >= 4 is 5.97 Å². The maximum Gasteiger partial charge on any atom is 0.331 e. The zero-order chi connectivity index (χ0) is 14.1. The van der Waals surface area contributed by atoms with Crippen molar-refractivity contribution in [3.63, 3.8) is 0 Å². The third-order valence-corrected chi connectivity index (χ3v) is 2.54. The Bertz CT molecular complexity index is 440. The van der Waals surface area contributed by atoms with Gasteiger partial charge >= 0.3 is 5.97 Å². The molecule has 0 aliphatic heterocycles. The van der Waals surface area contributed by atoms with Crippen LogP contribution in [0.1, 0.15) is 34.6 Å². The fourth-order valence-electron chi connectivity index (χ4n) is 0.982. The Balaban J connectivity index is 4.56. The highest BCUT2D eigenvalue weighted by Gasteiger charge is 1.95. The molecule has 0 saturated heterocycles. The largest absolute Gasteiger partial charge is 0.478 e. The van der Waals surface area contributed by atoms with Gasteiger partial charge in [-0.15, -0.1) is 0 Å². The molecular weight excluding hydrogens is 224 g/mol. The van der Waals surface area contributed by atoms with Crippen molar-refractivity contribution in [3.8, 4) is 0 Å². The average molecular weight is 246 g/mol. The molecule has 2 nitrogen and oxygen atoms in total. The predicted molar refractivity (Wildman–Crippen MR) is 77.5 cm³/mol. The zero-order valence-corrected chi connectivity index (χ0v) is 11.8. The van der Waals surface area contributed by atoms with E-state index in [9.17, 15) is 4.79 Å². The van der Waals surface area contributed by atoms with Crippen molar-refractivity contribution in [1.82, 2.24) is 0 Å². The Hall–Kier alpha value is -1.83. The van der Waals surface area contributed by atoms with Crippen LogP contribution in [0.4, 0.5) is 0 Å². The van der Waals surface area contributed by atoms with E-state index in [1.807, 2.05) is 25.2 Å². The van der Waals surface area contributed by atoms with E-state index < -0.39 is 5.97 Å². The van der Waals surface area contributed by atoms with E-state index in [1.165, 1.54) is 11.1 Å². The molecule has 0 aliphatic carbocycles. The van der Waals surface area contributed by atoms with Gasteiger partial charge in [0.2, 0.25) is 0 Å². The molecule has 18 heavy (non-hydrogen) atoms. The maximum absolute atomic E-state index is 10.6. The van der Waals surface area contributed by atoms with Crippen LogP contribution in [-0.2, 0) is 4.79 Å². The number of allylic oxidation sites excluding steroid dienone is 9. The van der Waals surface area contributed by atoms with E-state index in [2.05, 4.69) is 26.8 Å². The van der Waals surface area contributed by atoms with Crippen molar-refractivity contribution in [1.29, 1.82) is 0 Å². The minimum atomic E-state index is -0.889. The van der Waals surface area contributed by atoms with Gasteiger partial charge in [0.05, 0.1) is 0 Å². The van der Waals surface area contributed by atoms with Crippen LogP contribution in [0.2, 0.25) is 0 Å². The lowest BCUT2D eigenvalue weighted by molar-refractivity contribution is -0.132. The Kier molecular flexibility index (Phi) is 7.45. The third-order valence-electron chi connectivity index (χ3n) is 2.54. The van der Waals surface area contributed by atoms with Gasteiger partial charge < -0.3 is 5.11 Å². The second-order valence-corrected chi connectivity index (χ2v) is 4.47. The van der Waals surface area contributed by atoms with Crippen molar-refractivity contribution in [3.05, 3.63) is 58.7 Å². The number of hydrogen-bond donors (Lipinski definition) is 1. The lowest BCUT2D eigenvalue weighted by Crippen LogP contribution is -1.94. The molecule has 0 saturated carbocycles. The maximum atomic E-state index is 10.6. The molecule has 0 spiro atoms. The Morgan fingerprint density at radius 3 is 1.94 bits per heavy atom. The molecule has 0 bridgehead atoms. The molecule has 98 valence electrons. The Morgan fingerprint density at radius 2 is 1.44 bits per heavy atom. The summed E-state index contributed by atoms with van der Waals surface area (Å²) in [4.78, 5) is 10.6. The first kappa shape index (κ1) is 16.2. The predicted octanol–water partition coefficient (Wildman–Crippen LogP) is 4.43. The number of carboxylic acid groups (broad SMARTS) is 1. The second kappa shape index (κ2) is 8.29. The molecule has 2 heteroatoms. The van der Waals surface area contributed by atoms with Crippen LogP contribution in [0.25, 0.3) is 0 Å². The van der Waals surface area contributed by atoms with Crippen molar-refractivity contribution < 1.29 is 9.90 Å². The van der Waals surface area contributed by atoms with Gasteiger partial charge in [-0.1, -0.05) is 53.2 Å². The van der Waals surface area contributed by atoms with Crippen LogP contribution in [0.3, 0.4) is 0 Å². The molecule has 0 amide bonds. The summed E-state index contributed by atoms with van der Waals surface area (Å²) in [6.45, 7) is 9.78. The van der Waals surface area contributed by atoms with Gasteiger partial charge in [-0.3, -0.25) is 0 Å². The number of aliphatic carboxylic acids is 1. The molecule has 0 atom stereocenters. The molecule has 0 heterocycles. The SMILES string of the molecule is CC(=C/C=C/C(C)=C/C=C/C(C)=C(C)C)C(=O)O. The van der Waals surface area contributed by atoms with Crippen molar-refractivity contribution in [2.45, 2.75) is 34.6 Å². The van der Waals surface area contributed by atoms with Gasteiger partial charge in [-0.25, -0.2) is 4.79 Å². The van der Waals surface area contributed by atoms with E-state index in [0.29, 0.717) is 5.57 Å². The normalized spacial score (nSPS) is 13.4. The summed E-state index contributed by atoms with van der Waals surface area (Å²) in [5.74, 6) is -0.889. The fourth-order valence-corrected chi connectivity index (χ4v) is 0.982. The van der Waals surface area contributed by atoms with E-state index in [-0.39, 0.29) is 0 Å². The summed E-state index contributed by atoms with van der Waals surface area (Å²) < 4.78 is 0. The van der Waals surface area contributed by atoms with Crippen LogP contribution in [0, 0.1) is 0 Å². The van der Waals surface area contributed by atoms with E-state index in [4.69, 9.17) is 5.11 Å². The standard InChI is InChI=1S/C16H22O2/c1-12(2)14(4)10-6-8-13(3)9-7-11-15(5)16(17)18/h6-11H,1-5H3,(H,17,18)/b9-7+,10-6+,13-8+,15-11?. The molecule has 0 unspecified atom stereocenters. The number of carbonyl (C=O) groups is 1. The smallest absolute Gasteiger partial charge is 0.331 e. The van der Waals surface area contributed by atoms with Gasteiger partial charge in [0, 0.05) is 5.57 Å². The van der Waals surface area contributed by atoms with Crippen LogP contribution in [0.15, 0.2) is 58.7 Å². The average Bonchev–Trinajstić information content (AvgIpc) is 2.28. The summed E-state index contributed by atoms with van der Waals surface area (Å²) in [5, 5.41) is 8.67. The van der Waals surface area contributed by atoms with Crippen molar-refractivity contribution in [2.75, 3.05) is 0 Å². The zero-order valence-electron chi connectivity index (χ0n) is 11.8. The molecule has 0 aromatic carbocycles. The number of carboxylic acids is 1. The topological polar surface area (TPSA) is 37.3 Å². The van der Waals surface area contributed by atoms with Gasteiger partial charge in [0.15, 0.2) is 0 Å². The third kappa shape index (κ3) is 7.44. The highest BCUT2D eigenvalue weighted by atomic mass is 16.4. The second-order valence-electron chi connectivity index (χ2n) is 4.47. The highest BCUT2D eigenvalue weighted by molar-refractivity contribution is 5.86. The molecule has 0 rings (SSSR count). The molecule has 0 radical (unpaired) electrons. The first-order chi connectivity index (χ1) is 8.34. The van der Waals surface area contributed by atoms with Gasteiger partial charge in [-0.2, -0.15) is 0 Å². The Labute approximate surface area is 110 Å². The monoisotopic (exact) mass is 246 g/mol. The molecule has 0 aliphatic rings. The lowest BCUT2D eigenvalue weighted by atomic mass is 10.1. The van der Waals surface area contributed by atoms with E-state index in [1.54, 1.807) is 19.1 Å². The van der Waals surface area contributed by atoms with Gasteiger partial charge in [0.1, 0.15) is 0 Å². The Morgan fingerprint density at radius 1 is 0.889 bits per heavy atom. The van der Waals surface area contributed by atoms with Gasteiger partial charge in [0.25, 0.3) is 0 Å². The first-order valence-corrected chi connectivity index (χ1v) is 5.92. The quantitative estimate of drug-likeness (QED) is 0.575. The summed E-state index contributed by atoms with van der Waals surface area (Å²) >= 11 is 0. The van der Waals surface area contributed by atoms with E-state index >= 15 is 0 Å². The molecule has 0 fully saturated rings. The summed E-state index contributed by atoms with van der Waals surface area (Å²) in [6.07, 6.45) is 11.3. The summed E-state index contributed by atoms with van der Waals surface area (Å²) in [6, 6.07) is 0. The van der Waals surface area contributed by atoms with E-state index in [0.717, 1.165) is 5.57 Å². The molecule has 1 N–H and O–H groups in total. The first-order valence-electron chi connectivity index (χ1n) is 5.92. The number of rotatable bonds is 5. The molecule has 0 aromatic rings. The fraction of sp³-hybridized carbons (Fsp3) is 0.312. The van der Waals surface area contributed by atoms with Crippen molar-refractivity contribution in [2.24, 2.45) is 0 Å². The molecular formula is C16H22O2. The highest BCUT2D eigenvalue weighted by Crippen LogP contribution is 2.04. The van der Waals surface area contributed by atoms with Crippen LogP contribution in [-0.4, -0.2) is 11.1 Å². The van der Waals surface area contributed by atoms with Crippen LogP contribution in [0.5, 0.6) is 0 Å². The minimum Gasteiger partial charge on any atom is -0.478 e. The van der Waals surface area contributed by atoms with Crippen LogP contribution >= 0.6 is 0 Å². The summed E-state index contributed by atoms with van der Waals surface area (Å²) in [5.41, 5.74) is 3.95. The molecule has 0 aromatic heterocycles. The lowest BCUT2D eigenvalue weighted by Gasteiger charge is -1.94. The summed E-state index contributed by atoms with van der Waals surface area (Å²) in [7, 11) is 0. The minimum absolute atomic E-state index is 0.329. The number of hydrogen-bond acceptors (Lipinski definition) is 1.